The van der Waals surface area contributed by atoms with E-state index in [-0.39, 0.29) is 35.7 Å². The van der Waals surface area contributed by atoms with Crippen LogP contribution in [0.25, 0.3) is 33.3 Å². The van der Waals surface area contributed by atoms with Gasteiger partial charge in [0.1, 0.15) is 35.4 Å². The number of methoxy groups -OCH3 is 2. The molecule has 67 heavy (non-hydrogen) atoms. The topological polar surface area (TPSA) is 205 Å². The lowest BCUT2D eigenvalue weighted by Gasteiger charge is -2.39. The Morgan fingerprint density at radius 1 is 0.746 bits per heavy atom. The third-order valence-corrected chi connectivity index (χ3v) is 14.8. The Balaban J connectivity index is 0.841. The summed E-state index contributed by atoms with van der Waals surface area (Å²) in [5, 5.41) is 19.7. The minimum atomic E-state index is -0.921. The van der Waals surface area contributed by atoms with E-state index in [1.165, 1.54) is 14.2 Å². The molecular weight excluding hydrogens is 857 g/mol. The zero-order valence-electron chi connectivity index (χ0n) is 38.3. The zero-order valence-corrected chi connectivity index (χ0v) is 38.3. The average molecular weight is 917 g/mol. The summed E-state index contributed by atoms with van der Waals surface area (Å²) in [6, 6.07) is 15.3. The third kappa shape index (κ3) is 8.85. The van der Waals surface area contributed by atoms with Crippen molar-refractivity contribution in [1.29, 1.82) is 0 Å². The first kappa shape index (κ1) is 44.8. The number of nitrogens with one attached hydrogen (secondary N) is 4. The van der Waals surface area contributed by atoms with Gasteiger partial charge in [-0.25, -0.2) is 19.6 Å². The lowest BCUT2D eigenvalue weighted by Crippen LogP contribution is -2.56. The van der Waals surface area contributed by atoms with Gasteiger partial charge in [-0.2, -0.15) is 0 Å². The second-order valence-corrected chi connectivity index (χ2v) is 18.5. The molecule has 0 radical (unpaired) electrons. The number of carbonyl (C=O) groups is 3. The van der Waals surface area contributed by atoms with Crippen LogP contribution >= 0.6 is 0 Å². The fourth-order valence-electron chi connectivity index (χ4n) is 11.2. The van der Waals surface area contributed by atoms with Gasteiger partial charge >= 0.3 is 12.2 Å². The maximum Gasteiger partial charge on any atom is 0.407 e. The number of likely N-dealkylation sites (tertiary alicyclic amines) is 2. The second-order valence-electron chi connectivity index (χ2n) is 18.5. The number of carbonyl (C=O) groups excluding carboxylic acids is 3. The quantitative estimate of drug-likeness (QED) is 0.0886. The first-order chi connectivity index (χ1) is 32.7. The van der Waals surface area contributed by atoms with Gasteiger partial charge < -0.3 is 54.3 Å². The summed E-state index contributed by atoms with van der Waals surface area (Å²) in [4.78, 5) is 59.5. The van der Waals surface area contributed by atoms with Gasteiger partial charge in [-0.15, -0.1) is 0 Å². The third-order valence-electron chi connectivity index (χ3n) is 14.8. The lowest BCUT2D eigenvalue weighted by molar-refractivity contribution is -0.136. The molecule has 0 aliphatic carbocycles. The molecule has 10 rings (SSSR count). The van der Waals surface area contributed by atoms with E-state index in [4.69, 9.17) is 33.7 Å². The predicted octanol–water partition coefficient (Wildman–Crippen LogP) is 7.30. The molecule has 0 bridgehead atoms. The van der Waals surface area contributed by atoms with Crippen LogP contribution in [0.1, 0.15) is 99.1 Å². The van der Waals surface area contributed by atoms with Crippen LogP contribution in [0.3, 0.4) is 0 Å². The van der Waals surface area contributed by atoms with Crippen LogP contribution in [0.4, 0.5) is 9.59 Å². The fraction of sp³-hybridized carbons (Fsp3) is 0.500. The van der Waals surface area contributed by atoms with E-state index in [1.54, 1.807) is 0 Å². The Kier molecular flexibility index (Phi) is 12.9. The van der Waals surface area contributed by atoms with Gasteiger partial charge in [-0.1, -0.05) is 37.3 Å². The largest absolute Gasteiger partial charge is 0.457 e. The molecule has 3 amide bonds. The highest BCUT2D eigenvalue weighted by Crippen LogP contribution is 2.48. The van der Waals surface area contributed by atoms with Crippen molar-refractivity contribution >= 4 is 28.9 Å². The Morgan fingerprint density at radius 3 is 2.09 bits per heavy atom. The maximum atomic E-state index is 14.1. The number of hydrogen-bond acceptors (Lipinski definition) is 12. The van der Waals surface area contributed by atoms with Crippen LogP contribution in [-0.2, 0) is 23.7 Å². The van der Waals surface area contributed by atoms with Crippen molar-refractivity contribution < 1.29 is 43.2 Å². The number of H-pyrrole nitrogens is 2. The minimum absolute atomic E-state index is 0.0363. The van der Waals surface area contributed by atoms with Crippen molar-refractivity contribution in [3.63, 3.8) is 0 Å². The van der Waals surface area contributed by atoms with Gasteiger partial charge in [-0.3, -0.25) is 9.69 Å². The number of ether oxygens (including phenoxy) is 5. The second kappa shape index (κ2) is 19.3. The first-order valence-corrected chi connectivity index (χ1v) is 23.8. The van der Waals surface area contributed by atoms with E-state index in [9.17, 15) is 19.5 Å². The van der Waals surface area contributed by atoms with Crippen molar-refractivity contribution in [3.05, 3.63) is 83.7 Å². The van der Waals surface area contributed by atoms with Crippen LogP contribution in [0.5, 0.6) is 11.5 Å². The molecule has 5 aliphatic rings. The van der Waals surface area contributed by atoms with Gasteiger partial charge in [0, 0.05) is 67.7 Å². The highest BCUT2D eigenvalue weighted by atomic mass is 16.5. The van der Waals surface area contributed by atoms with Gasteiger partial charge in [0.05, 0.1) is 56.1 Å². The van der Waals surface area contributed by atoms with Crippen LogP contribution in [0.15, 0.2) is 60.9 Å². The molecule has 4 saturated heterocycles. The van der Waals surface area contributed by atoms with Gasteiger partial charge in [0.15, 0.2) is 0 Å². The summed E-state index contributed by atoms with van der Waals surface area (Å²) >= 11 is 0. The predicted molar refractivity (Wildman–Crippen MR) is 247 cm³/mol. The molecule has 354 valence electrons. The highest BCUT2D eigenvalue weighted by molar-refractivity contribution is 5.93. The summed E-state index contributed by atoms with van der Waals surface area (Å²) in [7, 11) is 2.65. The molecule has 2 unspecified atom stereocenters. The van der Waals surface area contributed by atoms with E-state index in [0.717, 1.165) is 106 Å². The number of amides is 3. The summed E-state index contributed by atoms with van der Waals surface area (Å²) < 4.78 is 27.6. The fourth-order valence-corrected chi connectivity index (χ4v) is 11.2. The molecule has 4 fully saturated rings. The van der Waals surface area contributed by atoms with Crippen LogP contribution < -0.4 is 15.4 Å². The van der Waals surface area contributed by atoms with Crippen molar-refractivity contribution in [2.45, 2.75) is 94.6 Å². The number of nitrogens with zero attached hydrogens (tertiary/aromatic N) is 4. The van der Waals surface area contributed by atoms with Crippen LogP contribution in [0, 0.1) is 11.8 Å². The molecule has 17 nitrogen and oxygen atoms in total. The summed E-state index contributed by atoms with van der Waals surface area (Å²) in [5.74, 6) is 3.06. The van der Waals surface area contributed by atoms with Crippen molar-refractivity contribution in [2.75, 3.05) is 53.7 Å². The molecule has 7 heterocycles. The highest BCUT2D eigenvalue weighted by Gasteiger charge is 2.42. The summed E-state index contributed by atoms with van der Waals surface area (Å²) in [5.41, 5.74) is 5.85. The lowest BCUT2D eigenvalue weighted by atomic mass is 9.85. The Labute approximate surface area is 389 Å². The van der Waals surface area contributed by atoms with Crippen molar-refractivity contribution in [1.82, 2.24) is 40.4 Å². The monoisotopic (exact) mass is 916 g/mol. The Hall–Kier alpha value is -6.01. The number of aliphatic hydroxyl groups excluding tert-OH is 1. The molecule has 17 heteroatoms. The van der Waals surface area contributed by atoms with Gasteiger partial charge in [0.2, 0.25) is 5.91 Å². The number of rotatable bonds is 11. The molecule has 2 aromatic heterocycles. The molecule has 6 atom stereocenters. The number of imidazole rings is 2. The van der Waals surface area contributed by atoms with Crippen molar-refractivity contribution in [2.24, 2.45) is 11.8 Å². The standard InChI is InChI=1S/C50H60N8O9/c1-28-34-11-8-33(37-27-52-46(54-37)39-7-5-19-58(39)48(60)44(56-50(62)64-3)30-16-22-66-23-17-30)25-41(34)67-40-13-10-31-24-32(9-12-35(31)42(28)40)36-26-51-45(53-36)38-6-4-18-57(38)47(59)43(55-49(61)63-2)29-14-20-65-21-15-29/h8-13,24-30,38-39,43-44,48,60H,4-7,14-23H2,1-3H3,(H,51,53)(H,52,54)(H,55,61)(H,56,62)/t28?,38-,39-,43-,44-,48?/m0/s1. The number of benzene rings is 3. The van der Waals surface area contributed by atoms with Crippen LogP contribution in [-0.4, -0.2) is 125 Å². The van der Waals surface area contributed by atoms with E-state index >= 15 is 0 Å². The van der Waals surface area contributed by atoms with Gasteiger partial charge in [0.25, 0.3) is 0 Å². The average Bonchev–Trinajstić information content (AvgIpc) is 4.22. The molecule has 3 aromatic carbocycles. The molecule has 5 N–H and O–H groups in total. The Morgan fingerprint density at radius 2 is 1.37 bits per heavy atom. The normalized spacial score (nSPS) is 22.6. The molecule has 5 aliphatic heterocycles. The summed E-state index contributed by atoms with van der Waals surface area (Å²) in [6.07, 6.45) is 7.77. The first-order valence-electron chi connectivity index (χ1n) is 23.8. The number of fused-ring (bicyclic) bond motifs is 4. The molecule has 0 saturated carbocycles. The van der Waals surface area contributed by atoms with Crippen LogP contribution in [0.2, 0.25) is 0 Å². The number of hydrogen-bond donors (Lipinski definition) is 5. The minimum Gasteiger partial charge on any atom is -0.457 e. The van der Waals surface area contributed by atoms with E-state index in [1.807, 2.05) is 28.3 Å². The Bertz CT molecular complexity index is 2600. The zero-order chi connectivity index (χ0) is 46.2. The maximum absolute atomic E-state index is 14.1. The molecular formula is C50H60N8O9. The van der Waals surface area contributed by atoms with Crippen molar-refractivity contribution in [3.8, 4) is 34.0 Å². The van der Waals surface area contributed by atoms with Gasteiger partial charge in [-0.05, 0) is 92.2 Å². The number of aromatic amines is 2. The molecule has 0 spiro atoms. The van der Waals surface area contributed by atoms with E-state index < -0.39 is 30.5 Å². The van der Waals surface area contributed by atoms with E-state index in [2.05, 4.69) is 70.0 Å². The summed E-state index contributed by atoms with van der Waals surface area (Å²) in [6.45, 7) is 5.77. The molecule has 5 aromatic rings. The SMILES string of the molecule is COC(=O)N[C@@H](C1CCOCC1)C(O)N1CCC[C@H]1c1ncc(-c2ccc3c(c2)Oc2ccc4cc(-c5cnc([C@@H]6CCCN6C(=O)[C@@H](NC(=O)OC)C6CCOCC6)[nH]5)ccc4c2C3C)[nH]1. The number of aromatic nitrogens is 4. The van der Waals surface area contributed by atoms with E-state index in [0.29, 0.717) is 52.4 Å². The smallest absolute Gasteiger partial charge is 0.407 e. The number of aliphatic hydroxyl groups is 1. The number of alkyl carbamates (subject to hydrolysis) is 2.